The lowest BCUT2D eigenvalue weighted by Crippen LogP contribution is -2.35. The van der Waals surface area contributed by atoms with Crippen LogP contribution in [0.2, 0.25) is 0 Å². The van der Waals surface area contributed by atoms with Crippen LogP contribution in [0.3, 0.4) is 0 Å². The normalized spacial score (nSPS) is 24.3. The van der Waals surface area contributed by atoms with Crippen molar-refractivity contribution < 1.29 is 19.1 Å². The third kappa shape index (κ3) is 4.77. The average Bonchev–Trinajstić information content (AvgIpc) is 2.58. The first-order chi connectivity index (χ1) is 8.33. The van der Waals surface area contributed by atoms with Gasteiger partial charge in [-0.15, -0.1) is 0 Å². The van der Waals surface area contributed by atoms with Crippen molar-refractivity contribution in [3.05, 3.63) is 0 Å². The molecule has 0 N–H and O–H groups in total. The molecule has 1 aliphatic heterocycles. The molecule has 104 valence electrons. The number of rotatable bonds is 5. The number of hydrogen-bond acceptors (Lipinski definition) is 4. The topological polar surface area (TPSA) is 52.6 Å². The van der Waals surface area contributed by atoms with E-state index in [1.807, 2.05) is 0 Å². The molecular formula is C14H24O4. The number of ether oxygens (including phenoxy) is 2. The Hall–Kier alpha value is -0.900. The van der Waals surface area contributed by atoms with Crippen molar-refractivity contribution >= 4 is 11.8 Å². The van der Waals surface area contributed by atoms with Gasteiger partial charge in [0.15, 0.2) is 5.78 Å². The van der Waals surface area contributed by atoms with Crippen LogP contribution in [0.1, 0.15) is 59.8 Å². The fourth-order valence-electron chi connectivity index (χ4n) is 1.98. The van der Waals surface area contributed by atoms with Gasteiger partial charge >= 0.3 is 5.97 Å². The minimum atomic E-state index is -1.00. The van der Waals surface area contributed by atoms with Crippen molar-refractivity contribution in [2.24, 2.45) is 0 Å². The van der Waals surface area contributed by atoms with Gasteiger partial charge in [-0.25, -0.2) is 4.79 Å². The quantitative estimate of drug-likeness (QED) is 0.431. The Morgan fingerprint density at radius 3 is 2.61 bits per heavy atom. The fraction of sp³-hybridized carbons (Fsp3) is 0.857. The number of unbranched alkanes of at least 4 members (excludes halogenated alkanes) is 2. The molecule has 1 fully saturated rings. The van der Waals surface area contributed by atoms with E-state index >= 15 is 0 Å². The van der Waals surface area contributed by atoms with Crippen molar-refractivity contribution in [2.45, 2.75) is 77.6 Å². The number of ketones is 1. The van der Waals surface area contributed by atoms with Crippen LogP contribution >= 0.6 is 0 Å². The number of carbonyl (C=O) groups excluding carboxylic acids is 2. The first-order valence-electron chi connectivity index (χ1n) is 6.74. The maximum absolute atomic E-state index is 11.8. The van der Waals surface area contributed by atoms with Gasteiger partial charge in [0.25, 0.3) is 0 Å². The smallest absolute Gasteiger partial charge is 0.343 e. The molecule has 0 radical (unpaired) electrons. The summed E-state index contributed by atoms with van der Waals surface area (Å²) in [5.74, 6) is -0.698. The zero-order chi connectivity index (χ0) is 13.8. The molecule has 0 spiro atoms. The number of esters is 1. The first kappa shape index (κ1) is 15.2. The van der Waals surface area contributed by atoms with Crippen molar-refractivity contribution in [3.8, 4) is 0 Å². The summed E-state index contributed by atoms with van der Waals surface area (Å²) in [5.41, 5.74) is -0.582. The zero-order valence-electron chi connectivity index (χ0n) is 11.8. The Bertz CT molecular complexity index is 303. The van der Waals surface area contributed by atoms with Crippen molar-refractivity contribution in [1.82, 2.24) is 0 Å². The highest BCUT2D eigenvalue weighted by Crippen LogP contribution is 2.23. The molecule has 0 aromatic heterocycles. The van der Waals surface area contributed by atoms with Crippen molar-refractivity contribution in [1.29, 1.82) is 0 Å². The summed E-state index contributed by atoms with van der Waals surface area (Å²) >= 11 is 0. The summed E-state index contributed by atoms with van der Waals surface area (Å²) in [6.45, 7) is 7.47. The van der Waals surface area contributed by atoms with Crippen LogP contribution in [0.25, 0.3) is 0 Å². The fourth-order valence-corrected chi connectivity index (χ4v) is 1.98. The van der Waals surface area contributed by atoms with Gasteiger partial charge in [-0.3, -0.25) is 4.79 Å². The van der Waals surface area contributed by atoms with Crippen LogP contribution in [0.15, 0.2) is 0 Å². The predicted molar refractivity (Wildman–Crippen MR) is 68.3 cm³/mol. The predicted octanol–water partition coefficient (Wildman–Crippen LogP) is 2.64. The first-order valence-corrected chi connectivity index (χ1v) is 6.74. The van der Waals surface area contributed by atoms with Crippen molar-refractivity contribution in [3.63, 3.8) is 0 Å². The molecule has 2 unspecified atom stereocenters. The Morgan fingerprint density at radius 1 is 1.39 bits per heavy atom. The van der Waals surface area contributed by atoms with Gasteiger partial charge in [0, 0.05) is 6.42 Å². The summed E-state index contributed by atoms with van der Waals surface area (Å²) < 4.78 is 10.7. The summed E-state index contributed by atoms with van der Waals surface area (Å²) in [6.07, 6.45) is 3.38. The second-order valence-corrected chi connectivity index (χ2v) is 5.84. The number of hydrogen-bond donors (Lipinski definition) is 0. The van der Waals surface area contributed by atoms with Crippen LogP contribution in [0.5, 0.6) is 0 Å². The van der Waals surface area contributed by atoms with Gasteiger partial charge in [-0.1, -0.05) is 26.2 Å². The summed E-state index contributed by atoms with van der Waals surface area (Å²) in [7, 11) is 0. The van der Waals surface area contributed by atoms with Crippen LogP contribution in [-0.2, 0) is 19.1 Å². The van der Waals surface area contributed by atoms with Crippen LogP contribution in [0, 0.1) is 0 Å². The van der Waals surface area contributed by atoms with Gasteiger partial charge in [-0.2, -0.15) is 0 Å². The largest absolute Gasteiger partial charge is 0.458 e. The lowest BCUT2D eigenvalue weighted by atomic mass is 10.1. The van der Waals surface area contributed by atoms with E-state index in [0.29, 0.717) is 6.42 Å². The molecule has 1 heterocycles. The molecule has 0 aromatic carbocycles. The molecule has 1 aliphatic rings. The number of Topliss-reactive ketones (excluding diaryl/α,β-unsaturated/α-hetero) is 1. The Kier molecular flexibility index (Phi) is 5.32. The van der Waals surface area contributed by atoms with E-state index in [1.165, 1.54) is 0 Å². The highest BCUT2D eigenvalue weighted by molar-refractivity contribution is 6.03. The lowest BCUT2D eigenvalue weighted by molar-refractivity contribution is -0.169. The second kappa shape index (κ2) is 6.32. The molecular weight excluding hydrogens is 232 g/mol. The lowest BCUT2D eigenvalue weighted by Gasteiger charge is -2.21. The minimum Gasteiger partial charge on any atom is -0.458 e. The van der Waals surface area contributed by atoms with Gasteiger partial charge in [0.2, 0.25) is 6.10 Å². The van der Waals surface area contributed by atoms with Gasteiger partial charge < -0.3 is 9.47 Å². The van der Waals surface area contributed by atoms with Gasteiger partial charge in [-0.05, 0) is 27.2 Å². The third-order valence-electron chi connectivity index (χ3n) is 2.80. The minimum absolute atomic E-state index is 0.110. The Labute approximate surface area is 109 Å². The van der Waals surface area contributed by atoms with Gasteiger partial charge in [0.1, 0.15) is 5.60 Å². The third-order valence-corrected chi connectivity index (χ3v) is 2.80. The summed E-state index contributed by atoms with van der Waals surface area (Å²) in [4.78, 5) is 23.5. The van der Waals surface area contributed by atoms with Gasteiger partial charge in [0.05, 0.1) is 6.10 Å². The molecule has 0 amide bonds. The second-order valence-electron chi connectivity index (χ2n) is 5.84. The molecule has 4 nitrogen and oxygen atoms in total. The highest BCUT2D eigenvalue weighted by atomic mass is 16.6. The molecule has 4 heteroatoms. The van der Waals surface area contributed by atoms with E-state index in [-0.39, 0.29) is 11.9 Å². The Balaban J connectivity index is 2.44. The number of carbonyl (C=O) groups is 2. The maximum Gasteiger partial charge on any atom is 0.343 e. The van der Waals surface area contributed by atoms with Crippen LogP contribution in [-0.4, -0.2) is 29.6 Å². The maximum atomic E-state index is 11.8. The van der Waals surface area contributed by atoms with Crippen LogP contribution < -0.4 is 0 Å². The molecule has 0 bridgehead atoms. The summed E-state index contributed by atoms with van der Waals surface area (Å²) in [5, 5.41) is 0. The van der Waals surface area contributed by atoms with E-state index in [0.717, 1.165) is 25.7 Å². The SMILES string of the molecule is CCCCCC1CC(=O)C(C(=O)OC(C)(C)C)O1. The molecule has 0 saturated carbocycles. The summed E-state index contributed by atoms with van der Waals surface area (Å²) in [6, 6.07) is 0. The van der Waals surface area contributed by atoms with Crippen molar-refractivity contribution in [2.75, 3.05) is 0 Å². The van der Waals surface area contributed by atoms with Crippen LogP contribution in [0.4, 0.5) is 0 Å². The standard InChI is InChI=1S/C14H24O4/c1-5-6-7-8-10-9-11(15)12(17-10)13(16)18-14(2,3)4/h10,12H,5-9H2,1-4H3. The van der Waals surface area contributed by atoms with E-state index < -0.39 is 17.7 Å². The molecule has 18 heavy (non-hydrogen) atoms. The highest BCUT2D eigenvalue weighted by Gasteiger charge is 2.40. The average molecular weight is 256 g/mol. The van der Waals surface area contributed by atoms with E-state index in [2.05, 4.69) is 6.92 Å². The van der Waals surface area contributed by atoms with E-state index in [4.69, 9.17) is 9.47 Å². The molecule has 0 aliphatic carbocycles. The molecule has 2 atom stereocenters. The van der Waals surface area contributed by atoms with E-state index in [1.54, 1.807) is 20.8 Å². The van der Waals surface area contributed by atoms with E-state index in [9.17, 15) is 9.59 Å². The Morgan fingerprint density at radius 2 is 2.06 bits per heavy atom. The molecule has 1 saturated heterocycles. The monoisotopic (exact) mass is 256 g/mol. The molecule has 0 aromatic rings. The zero-order valence-corrected chi connectivity index (χ0v) is 11.8. The molecule has 1 rings (SSSR count).